The summed E-state index contributed by atoms with van der Waals surface area (Å²) in [6.07, 6.45) is 7.56. The lowest BCUT2D eigenvalue weighted by atomic mass is 9.48. The number of hydrogen-bond acceptors (Lipinski definition) is 5. The number of esters is 1. The van der Waals surface area contributed by atoms with Gasteiger partial charge >= 0.3 is 5.97 Å². The summed E-state index contributed by atoms with van der Waals surface area (Å²) >= 11 is 0. The fraction of sp³-hybridized carbons (Fsp3) is 0.636. The van der Waals surface area contributed by atoms with E-state index in [0.29, 0.717) is 23.4 Å². The number of Topliss-reactive ketones (excluding diaryl/α,β-unsaturated/α-hetero) is 1. The highest BCUT2D eigenvalue weighted by molar-refractivity contribution is 7.92. The number of nitrogens with zero attached hydrogens (tertiary/aromatic N) is 1. The normalized spacial score (nSPS) is 30.2. The van der Waals surface area contributed by atoms with Gasteiger partial charge in [0.15, 0.2) is 12.4 Å². The maximum absolute atomic E-state index is 13.0. The van der Waals surface area contributed by atoms with Crippen LogP contribution in [0, 0.1) is 30.1 Å². The van der Waals surface area contributed by atoms with Crippen molar-refractivity contribution < 1.29 is 22.7 Å². The highest BCUT2D eigenvalue weighted by atomic mass is 32.2. The second-order valence-electron chi connectivity index (χ2n) is 9.34. The standard InChI is InChI=1S/C22H29NO5S/c1-15-5-3-4-6-19(15)23(29(2,26)27)13-21(25)28-14-20(24)22-10-16-7-17(11-22)9-18(8-16)12-22/h3-6,16-18H,7-14H2,1-2H3. The van der Waals surface area contributed by atoms with Gasteiger partial charge in [0.2, 0.25) is 10.0 Å². The molecule has 0 N–H and O–H groups in total. The third-order valence-electron chi connectivity index (χ3n) is 7.05. The number of hydrogen-bond donors (Lipinski definition) is 0. The molecule has 4 bridgehead atoms. The van der Waals surface area contributed by atoms with Crippen LogP contribution in [0.5, 0.6) is 0 Å². The van der Waals surface area contributed by atoms with Gasteiger partial charge in [0.05, 0.1) is 11.9 Å². The van der Waals surface area contributed by atoms with Crippen LogP contribution in [0.1, 0.15) is 44.1 Å². The Labute approximate surface area is 172 Å². The number of para-hydroxylation sites is 1. The summed E-state index contributed by atoms with van der Waals surface area (Å²) in [7, 11) is -3.66. The van der Waals surface area contributed by atoms with E-state index in [2.05, 4.69) is 0 Å². The molecular weight excluding hydrogens is 390 g/mol. The van der Waals surface area contributed by atoms with Gasteiger partial charge in [0.1, 0.15) is 6.54 Å². The van der Waals surface area contributed by atoms with E-state index in [0.717, 1.165) is 35.4 Å². The Morgan fingerprint density at radius 1 is 1.07 bits per heavy atom. The molecule has 0 saturated heterocycles. The number of ketones is 1. The summed E-state index contributed by atoms with van der Waals surface area (Å²) in [5.41, 5.74) is 0.872. The molecule has 1 aromatic carbocycles. The van der Waals surface area contributed by atoms with Crippen molar-refractivity contribution in [1.82, 2.24) is 0 Å². The lowest BCUT2D eigenvalue weighted by Crippen LogP contribution is -2.51. The van der Waals surface area contributed by atoms with Gasteiger partial charge in [-0.25, -0.2) is 8.42 Å². The Morgan fingerprint density at radius 3 is 2.14 bits per heavy atom. The summed E-state index contributed by atoms with van der Waals surface area (Å²) in [6.45, 7) is 1.10. The fourth-order valence-corrected chi connectivity index (χ4v) is 7.04. The monoisotopic (exact) mass is 419 g/mol. The number of aryl methyl sites for hydroxylation is 1. The first-order valence-electron chi connectivity index (χ1n) is 10.4. The maximum atomic E-state index is 13.0. The van der Waals surface area contributed by atoms with E-state index in [-0.39, 0.29) is 17.8 Å². The predicted octanol–water partition coefficient (Wildman–Crippen LogP) is 3.09. The van der Waals surface area contributed by atoms with Crippen molar-refractivity contribution in [3.8, 4) is 0 Å². The third-order valence-corrected chi connectivity index (χ3v) is 8.18. The Hall–Kier alpha value is -1.89. The first kappa shape index (κ1) is 20.4. The summed E-state index contributed by atoms with van der Waals surface area (Å²) < 4.78 is 30.8. The molecule has 4 fully saturated rings. The molecule has 0 heterocycles. The maximum Gasteiger partial charge on any atom is 0.327 e. The molecule has 0 unspecified atom stereocenters. The van der Waals surface area contributed by atoms with Crippen LogP contribution in [-0.2, 0) is 24.3 Å². The second-order valence-corrected chi connectivity index (χ2v) is 11.2. The van der Waals surface area contributed by atoms with Gasteiger partial charge in [-0.15, -0.1) is 0 Å². The van der Waals surface area contributed by atoms with Gasteiger partial charge in [-0.2, -0.15) is 0 Å². The van der Waals surface area contributed by atoms with Crippen molar-refractivity contribution in [1.29, 1.82) is 0 Å². The van der Waals surface area contributed by atoms with Gasteiger partial charge in [0.25, 0.3) is 0 Å². The van der Waals surface area contributed by atoms with Crippen LogP contribution in [0.3, 0.4) is 0 Å². The van der Waals surface area contributed by atoms with Crippen molar-refractivity contribution in [3.63, 3.8) is 0 Å². The summed E-state index contributed by atoms with van der Waals surface area (Å²) in [4.78, 5) is 25.4. The number of rotatable bonds is 7. The number of ether oxygens (including phenoxy) is 1. The highest BCUT2D eigenvalue weighted by Crippen LogP contribution is 2.60. The first-order chi connectivity index (χ1) is 13.7. The van der Waals surface area contributed by atoms with Crippen molar-refractivity contribution in [2.75, 3.05) is 23.7 Å². The van der Waals surface area contributed by atoms with Crippen LogP contribution in [0.15, 0.2) is 24.3 Å². The molecule has 4 aliphatic rings. The summed E-state index contributed by atoms with van der Waals surface area (Å²) in [5, 5.41) is 0. The Bertz CT molecular complexity index is 888. The molecule has 4 aliphatic carbocycles. The SMILES string of the molecule is Cc1ccccc1N(CC(=O)OCC(=O)C12CC3CC(CC(C3)C1)C2)S(C)(=O)=O. The van der Waals surface area contributed by atoms with E-state index >= 15 is 0 Å². The number of carbonyl (C=O) groups excluding carboxylic acids is 2. The highest BCUT2D eigenvalue weighted by Gasteiger charge is 2.54. The summed E-state index contributed by atoms with van der Waals surface area (Å²) in [5.74, 6) is 1.25. The van der Waals surface area contributed by atoms with E-state index in [1.54, 1.807) is 25.1 Å². The van der Waals surface area contributed by atoms with Crippen LogP contribution < -0.4 is 4.31 Å². The van der Waals surface area contributed by atoms with E-state index in [1.807, 2.05) is 6.07 Å². The minimum absolute atomic E-state index is 0.0201. The van der Waals surface area contributed by atoms with E-state index in [4.69, 9.17) is 4.74 Å². The third kappa shape index (κ3) is 4.06. The Morgan fingerprint density at radius 2 is 1.62 bits per heavy atom. The lowest BCUT2D eigenvalue weighted by molar-refractivity contribution is -0.156. The zero-order chi connectivity index (χ0) is 20.8. The predicted molar refractivity (Wildman–Crippen MR) is 110 cm³/mol. The smallest absolute Gasteiger partial charge is 0.327 e. The average Bonchev–Trinajstić information content (AvgIpc) is 2.63. The fourth-order valence-electron chi connectivity index (χ4n) is 6.14. The molecule has 0 atom stereocenters. The molecule has 158 valence electrons. The number of carbonyl (C=O) groups is 2. The first-order valence-corrected chi connectivity index (χ1v) is 12.2. The topological polar surface area (TPSA) is 80.8 Å². The van der Waals surface area contributed by atoms with Gasteiger partial charge < -0.3 is 4.74 Å². The largest absolute Gasteiger partial charge is 0.456 e. The van der Waals surface area contributed by atoms with Crippen LogP contribution >= 0.6 is 0 Å². The van der Waals surface area contributed by atoms with Gasteiger partial charge in [-0.3, -0.25) is 13.9 Å². The van der Waals surface area contributed by atoms with Crippen molar-refractivity contribution in [2.45, 2.75) is 45.4 Å². The van der Waals surface area contributed by atoms with Crippen molar-refractivity contribution in [2.24, 2.45) is 23.2 Å². The van der Waals surface area contributed by atoms with Crippen LogP contribution in [-0.4, -0.2) is 39.6 Å². The van der Waals surface area contributed by atoms with Gasteiger partial charge in [-0.05, 0) is 74.8 Å². The minimum Gasteiger partial charge on any atom is -0.456 e. The molecule has 0 radical (unpaired) electrons. The molecule has 7 heteroatoms. The molecule has 0 spiro atoms. The number of anilines is 1. The van der Waals surface area contributed by atoms with E-state index in [9.17, 15) is 18.0 Å². The molecule has 1 aromatic rings. The Balaban J connectivity index is 1.40. The molecular formula is C22H29NO5S. The van der Waals surface area contributed by atoms with E-state index in [1.165, 1.54) is 19.3 Å². The molecule has 0 amide bonds. The molecule has 6 nitrogen and oxygen atoms in total. The number of benzene rings is 1. The van der Waals surface area contributed by atoms with E-state index < -0.39 is 22.5 Å². The van der Waals surface area contributed by atoms with Crippen LogP contribution in [0.2, 0.25) is 0 Å². The van der Waals surface area contributed by atoms with Gasteiger partial charge in [0, 0.05) is 5.41 Å². The second kappa shape index (κ2) is 7.42. The van der Waals surface area contributed by atoms with Gasteiger partial charge in [-0.1, -0.05) is 18.2 Å². The van der Waals surface area contributed by atoms with Crippen LogP contribution in [0.4, 0.5) is 5.69 Å². The molecule has 5 rings (SSSR count). The quantitative estimate of drug-likeness (QED) is 0.635. The summed E-state index contributed by atoms with van der Waals surface area (Å²) in [6, 6.07) is 6.98. The number of sulfonamides is 1. The zero-order valence-electron chi connectivity index (χ0n) is 17.1. The minimum atomic E-state index is -3.66. The zero-order valence-corrected chi connectivity index (χ0v) is 17.9. The van der Waals surface area contributed by atoms with Crippen molar-refractivity contribution >= 4 is 27.5 Å². The molecule has 0 aliphatic heterocycles. The van der Waals surface area contributed by atoms with Crippen molar-refractivity contribution in [3.05, 3.63) is 29.8 Å². The molecule has 0 aromatic heterocycles. The Kier molecular flexibility index (Phi) is 5.21. The average molecular weight is 420 g/mol. The molecule has 29 heavy (non-hydrogen) atoms. The molecule has 4 saturated carbocycles. The van der Waals surface area contributed by atoms with Crippen LogP contribution in [0.25, 0.3) is 0 Å². The lowest BCUT2D eigenvalue weighted by Gasteiger charge is -2.55.